The summed E-state index contributed by atoms with van der Waals surface area (Å²) < 4.78 is 20.1. The zero-order chi connectivity index (χ0) is 20.8. The van der Waals surface area contributed by atoms with Gasteiger partial charge in [0.1, 0.15) is 11.6 Å². The number of para-hydroxylation sites is 1. The second-order valence-electron chi connectivity index (χ2n) is 8.19. The maximum absolute atomic E-state index is 6.23. The highest BCUT2D eigenvalue weighted by atomic mass is 127. The quantitative estimate of drug-likeness (QED) is 0.375. The second kappa shape index (κ2) is 7.79. The lowest BCUT2D eigenvalue weighted by molar-refractivity contribution is 0.00578. The molecule has 4 rings (SSSR count). The van der Waals surface area contributed by atoms with Crippen molar-refractivity contribution in [2.24, 2.45) is 4.99 Å². The molecule has 1 aromatic heterocycles. The minimum absolute atomic E-state index is 0.374. The average molecular weight is 522 g/mol. The summed E-state index contributed by atoms with van der Waals surface area (Å²) in [6.07, 6.45) is 6.92. The number of methoxy groups -OCH3 is 1. The predicted molar refractivity (Wildman–Crippen MR) is 129 cm³/mol. The fourth-order valence-corrected chi connectivity index (χ4v) is 4.81. The molecule has 2 aliphatic heterocycles. The molecule has 1 aromatic carbocycles. The molecule has 0 N–H and O–H groups in total. The molecule has 29 heavy (non-hydrogen) atoms. The molecule has 0 saturated carbocycles. The molecule has 0 unspecified atom stereocenters. The number of aliphatic imine (C=N–C) groups is 1. The van der Waals surface area contributed by atoms with Crippen LogP contribution in [-0.2, 0) is 15.7 Å². The molecular formula is C21H24BIN2O3S. The van der Waals surface area contributed by atoms with Crippen LogP contribution in [0.3, 0.4) is 0 Å². The Labute approximate surface area is 188 Å². The molecule has 1 saturated heterocycles. The first-order chi connectivity index (χ1) is 13.8. The van der Waals surface area contributed by atoms with Gasteiger partial charge >= 0.3 is 7.12 Å². The summed E-state index contributed by atoms with van der Waals surface area (Å²) in [6, 6.07) is 8.09. The molecule has 1 fully saturated rings. The van der Waals surface area contributed by atoms with Gasteiger partial charge in [0.25, 0.3) is 0 Å². The van der Waals surface area contributed by atoms with E-state index in [-0.39, 0.29) is 11.2 Å². The minimum Gasteiger partial charge on any atom is -0.496 e. The van der Waals surface area contributed by atoms with Gasteiger partial charge in [-0.15, -0.1) is 0 Å². The maximum atomic E-state index is 6.23. The SMILES string of the molecule is COc1ccccc1-c1cn(SI)c2c1CC=C(B1OC(C)(C)C(C)(C)O1)C=N2. The van der Waals surface area contributed by atoms with Crippen molar-refractivity contribution in [2.45, 2.75) is 45.3 Å². The number of fused-ring (bicyclic) bond motifs is 1. The maximum Gasteiger partial charge on any atom is 0.496 e. The van der Waals surface area contributed by atoms with Crippen LogP contribution in [0.4, 0.5) is 5.82 Å². The van der Waals surface area contributed by atoms with Crippen LogP contribution in [0, 0.1) is 0 Å². The highest BCUT2D eigenvalue weighted by Gasteiger charge is 2.52. The summed E-state index contributed by atoms with van der Waals surface area (Å²) in [5.74, 6) is 1.79. The number of benzene rings is 1. The Morgan fingerprint density at radius 3 is 2.48 bits per heavy atom. The van der Waals surface area contributed by atoms with Crippen molar-refractivity contribution in [2.75, 3.05) is 7.11 Å². The van der Waals surface area contributed by atoms with Crippen molar-refractivity contribution in [3.05, 3.63) is 47.6 Å². The van der Waals surface area contributed by atoms with Crippen LogP contribution in [0.15, 0.2) is 47.0 Å². The van der Waals surface area contributed by atoms with Gasteiger partial charge in [0.05, 0.1) is 18.3 Å². The van der Waals surface area contributed by atoms with Gasteiger partial charge in [-0.2, -0.15) is 0 Å². The lowest BCUT2D eigenvalue weighted by atomic mass is 9.78. The third-order valence-electron chi connectivity index (χ3n) is 5.92. The van der Waals surface area contributed by atoms with E-state index in [1.165, 1.54) is 5.56 Å². The van der Waals surface area contributed by atoms with Crippen LogP contribution in [0.2, 0.25) is 0 Å². The van der Waals surface area contributed by atoms with Crippen molar-refractivity contribution < 1.29 is 14.0 Å². The van der Waals surface area contributed by atoms with Crippen LogP contribution in [0.25, 0.3) is 11.1 Å². The molecule has 2 aromatic rings. The van der Waals surface area contributed by atoms with Gasteiger partial charge in [0.15, 0.2) is 0 Å². The Balaban J connectivity index is 1.73. The van der Waals surface area contributed by atoms with E-state index in [0.29, 0.717) is 0 Å². The Kier molecular flexibility index (Phi) is 5.65. The zero-order valence-electron chi connectivity index (χ0n) is 17.2. The van der Waals surface area contributed by atoms with Gasteiger partial charge in [0.2, 0.25) is 0 Å². The number of aromatic nitrogens is 1. The largest absolute Gasteiger partial charge is 0.496 e. The number of ether oxygens (including phenoxy) is 1. The molecule has 0 aliphatic carbocycles. The fraction of sp³-hybridized carbons (Fsp3) is 0.381. The van der Waals surface area contributed by atoms with Gasteiger partial charge in [-0.05, 0) is 45.7 Å². The molecule has 0 amide bonds. The van der Waals surface area contributed by atoms with Gasteiger partial charge in [-0.1, -0.05) is 24.3 Å². The normalized spacial score (nSPS) is 19.7. The third-order valence-corrected chi connectivity index (χ3v) is 7.62. The monoisotopic (exact) mass is 522 g/mol. The lowest BCUT2D eigenvalue weighted by Gasteiger charge is -2.32. The van der Waals surface area contributed by atoms with E-state index in [2.05, 4.69) is 71.2 Å². The van der Waals surface area contributed by atoms with Crippen molar-refractivity contribution in [3.8, 4) is 16.9 Å². The summed E-state index contributed by atoms with van der Waals surface area (Å²) in [5, 5.41) is 0. The fourth-order valence-electron chi connectivity index (χ4n) is 3.54. The van der Waals surface area contributed by atoms with Gasteiger partial charge in [0, 0.05) is 59.4 Å². The van der Waals surface area contributed by atoms with E-state index in [1.807, 2.05) is 24.4 Å². The molecule has 0 spiro atoms. The van der Waals surface area contributed by atoms with Crippen molar-refractivity contribution in [1.82, 2.24) is 3.97 Å². The molecule has 5 nitrogen and oxygen atoms in total. The molecule has 3 heterocycles. The van der Waals surface area contributed by atoms with Crippen molar-refractivity contribution in [1.29, 1.82) is 0 Å². The second-order valence-corrected chi connectivity index (χ2v) is 9.91. The molecular weight excluding hydrogens is 498 g/mol. The molecule has 0 radical (unpaired) electrons. The predicted octanol–water partition coefficient (Wildman–Crippen LogP) is 5.83. The summed E-state index contributed by atoms with van der Waals surface area (Å²) in [5.41, 5.74) is 3.57. The smallest absolute Gasteiger partial charge is 0.496 e. The Hall–Kier alpha value is -1.23. The number of hydrogen-bond acceptors (Lipinski definition) is 5. The van der Waals surface area contributed by atoms with Crippen molar-refractivity contribution in [3.63, 3.8) is 0 Å². The number of allylic oxidation sites excluding steroid dienone is 2. The van der Waals surface area contributed by atoms with E-state index in [0.717, 1.165) is 34.6 Å². The standard InChI is InChI=1S/C21H24BIN2O3S/c1-20(2)21(3,4)28-22(27-20)14-10-11-16-17(13-25(29-23)19(16)24-12-14)15-8-6-7-9-18(15)26-5/h6-10,12-13H,11H2,1-5H3. The Bertz CT molecular complexity index is 984. The Morgan fingerprint density at radius 1 is 1.14 bits per heavy atom. The van der Waals surface area contributed by atoms with Gasteiger partial charge in [-0.3, -0.25) is 3.97 Å². The average Bonchev–Trinajstić information content (AvgIpc) is 3.03. The molecule has 0 atom stereocenters. The summed E-state index contributed by atoms with van der Waals surface area (Å²) >= 11 is 2.28. The van der Waals surface area contributed by atoms with Gasteiger partial charge < -0.3 is 14.0 Å². The van der Waals surface area contributed by atoms with E-state index in [1.54, 1.807) is 16.2 Å². The minimum atomic E-state index is -0.414. The Morgan fingerprint density at radius 2 is 1.83 bits per heavy atom. The first-order valence-electron chi connectivity index (χ1n) is 9.54. The summed E-state index contributed by atoms with van der Waals surface area (Å²) in [7, 11) is 2.89. The first kappa shape index (κ1) is 21.0. The van der Waals surface area contributed by atoms with E-state index in [9.17, 15) is 0 Å². The molecule has 2 aliphatic rings. The summed E-state index contributed by atoms with van der Waals surface area (Å²) in [6.45, 7) is 8.26. The van der Waals surface area contributed by atoms with E-state index >= 15 is 0 Å². The van der Waals surface area contributed by atoms with Crippen molar-refractivity contribution >= 4 is 49.5 Å². The van der Waals surface area contributed by atoms with Crippen LogP contribution in [0.1, 0.15) is 33.3 Å². The van der Waals surface area contributed by atoms with Crippen LogP contribution >= 0.6 is 30.3 Å². The number of hydrogen-bond donors (Lipinski definition) is 0. The zero-order valence-corrected chi connectivity index (χ0v) is 20.2. The number of halogens is 1. The number of rotatable bonds is 4. The van der Waals surface area contributed by atoms with Crippen LogP contribution in [-0.4, -0.2) is 35.6 Å². The van der Waals surface area contributed by atoms with E-state index in [4.69, 9.17) is 19.0 Å². The third kappa shape index (κ3) is 3.69. The number of nitrogens with zero attached hydrogens (tertiary/aromatic N) is 2. The highest BCUT2D eigenvalue weighted by molar-refractivity contribution is 14.2. The molecule has 8 heteroatoms. The van der Waals surface area contributed by atoms with Crippen LogP contribution < -0.4 is 4.74 Å². The van der Waals surface area contributed by atoms with Crippen LogP contribution in [0.5, 0.6) is 5.75 Å². The topological polar surface area (TPSA) is 45.0 Å². The highest BCUT2D eigenvalue weighted by Crippen LogP contribution is 2.43. The molecule has 152 valence electrons. The van der Waals surface area contributed by atoms with Gasteiger partial charge in [-0.25, -0.2) is 4.99 Å². The summed E-state index contributed by atoms with van der Waals surface area (Å²) in [4.78, 5) is 4.82. The first-order valence-corrected chi connectivity index (χ1v) is 12.9. The van der Waals surface area contributed by atoms with E-state index < -0.39 is 7.12 Å². The lowest BCUT2D eigenvalue weighted by Crippen LogP contribution is -2.41. The molecule has 0 bridgehead atoms.